The number of aliphatic carboxylic acids is 1. The van der Waals surface area contributed by atoms with Crippen LogP contribution in [0.15, 0.2) is 103 Å². The van der Waals surface area contributed by atoms with Crippen LogP contribution in [0.1, 0.15) is 59.7 Å². The molecule has 260 valence electrons. The molecular weight excluding hydrogens is 646 g/mol. The quantitative estimate of drug-likeness (QED) is 0.134. The highest BCUT2D eigenvalue weighted by atomic mass is 19.1. The number of carbonyl (C=O) groups is 3. The van der Waals surface area contributed by atoms with Crippen LogP contribution in [0.4, 0.5) is 14.5 Å². The Morgan fingerprint density at radius 3 is 2.14 bits per heavy atom. The zero-order valence-electron chi connectivity index (χ0n) is 27.2. The number of rotatable bonds is 15. The predicted molar refractivity (Wildman–Crippen MR) is 180 cm³/mol. The molecule has 0 bridgehead atoms. The number of aliphatic hydroxyl groups is 1. The standard InChI is InChI=1S/C39H38F2N2O7/c40-29-12-10-26(11-13-29)33(44)19-18-32-36(43(37(32)46)31-16-14-30(41)15-17-31)28-8-6-25(7-9-28)20-21-39(23-49-24-39)50-22-34(45)42-35(38(47)48)27-4-2-1-3-5-27/h1-17,32-33,35-36,44H,18-24H2,(H,42,45)(H,47,48)/t32-,33+,35-,36-/m1/s1. The van der Waals surface area contributed by atoms with Gasteiger partial charge in [-0.15, -0.1) is 0 Å². The Morgan fingerprint density at radius 1 is 0.900 bits per heavy atom. The summed E-state index contributed by atoms with van der Waals surface area (Å²) >= 11 is 0. The molecule has 50 heavy (non-hydrogen) atoms. The second-order valence-corrected chi connectivity index (χ2v) is 12.8. The number of carboxylic acid groups (broad SMARTS) is 1. The van der Waals surface area contributed by atoms with Crippen LogP contribution in [0.25, 0.3) is 0 Å². The smallest absolute Gasteiger partial charge is 0.330 e. The maximum Gasteiger partial charge on any atom is 0.330 e. The summed E-state index contributed by atoms with van der Waals surface area (Å²) in [6, 6.07) is 26.2. The lowest BCUT2D eigenvalue weighted by Crippen LogP contribution is -2.55. The first-order valence-electron chi connectivity index (χ1n) is 16.5. The van der Waals surface area contributed by atoms with Crippen LogP contribution in [0, 0.1) is 17.6 Å². The van der Waals surface area contributed by atoms with Gasteiger partial charge in [0.2, 0.25) is 11.8 Å². The van der Waals surface area contributed by atoms with Crippen molar-refractivity contribution in [2.45, 2.75) is 49.5 Å². The number of anilines is 1. The first-order valence-corrected chi connectivity index (χ1v) is 16.5. The molecule has 2 saturated heterocycles. The zero-order chi connectivity index (χ0) is 35.3. The van der Waals surface area contributed by atoms with Gasteiger partial charge in [-0.1, -0.05) is 66.7 Å². The normalized spacial score (nSPS) is 19.2. The molecule has 0 saturated carbocycles. The summed E-state index contributed by atoms with van der Waals surface area (Å²) in [6.45, 7) is 0.300. The number of carbonyl (C=O) groups excluding carboxylic acids is 2. The minimum atomic E-state index is -1.19. The number of hydrogen-bond acceptors (Lipinski definition) is 6. The van der Waals surface area contributed by atoms with Crippen LogP contribution < -0.4 is 10.2 Å². The minimum Gasteiger partial charge on any atom is -0.479 e. The van der Waals surface area contributed by atoms with Crippen molar-refractivity contribution in [1.29, 1.82) is 0 Å². The number of halogens is 2. The first-order chi connectivity index (χ1) is 24.1. The molecule has 2 fully saturated rings. The predicted octanol–water partition coefficient (Wildman–Crippen LogP) is 5.84. The average Bonchev–Trinajstić information content (AvgIpc) is 3.10. The van der Waals surface area contributed by atoms with E-state index in [2.05, 4.69) is 5.32 Å². The number of hydrogen-bond donors (Lipinski definition) is 3. The van der Waals surface area contributed by atoms with Crippen molar-refractivity contribution in [3.05, 3.63) is 137 Å². The lowest BCUT2D eigenvalue weighted by atomic mass is 9.78. The van der Waals surface area contributed by atoms with E-state index in [-0.39, 0.29) is 18.6 Å². The van der Waals surface area contributed by atoms with Crippen LogP contribution in [-0.4, -0.2) is 53.4 Å². The minimum absolute atomic E-state index is 0.122. The maximum atomic E-state index is 13.7. The van der Waals surface area contributed by atoms with Crippen molar-refractivity contribution < 1.29 is 42.9 Å². The van der Waals surface area contributed by atoms with E-state index in [1.54, 1.807) is 47.4 Å². The lowest BCUT2D eigenvalue weighted by molar-refractivity contribution is -0.212. The topological polar surface area (TPSA) is 125 Å². The number of ether oxygens (including phenoxy) is 2. The van der Waals surface area contributed by atoms with Crippen molar-refractivity contribution in [1.82, 2.24) is 5.32 Å². The molecule has 2 aliphatic heterocycles. The molecule has 0 aromatic heterocycles. The van der Waals surface area contributed by atoms with Crippen molar-refractivity contribution in [2.24, 2.45) is 5.92 Å². The number of benzene rings is 4. The summed E-state index contributed by atoms with van der Waals surface area (Å²) in [5.74, 6) is -3.05. The van der Waals surface area contributed by atoms with Gasteiger partial charge in [0, 0.05) is 5.69 Å². The molecular formula is C39H38F2N2O7. The monoisotopic (exact) mass is 684 g/mol. The van der Waals surface area contributed by atoms with Gasteiger partial charge in [-0.2, -0.15) is 0 Å². The number of aryl methyl sites for hydroxylation is 1. The third-order valence-electron chi connectivity index (χ3n) is 9.44. The third kappa shape index (κ3) is 7.91. The highest BCUT2D eigenvalue weighted by molar-refractivity contribution is 6.03. The number of nitrogens with one attached hydrogen (secondary N) is 1. The van der Waals surface area contributed by atoms with Crippen LogP contribution in [0.2, 0.25) is 0 Å². The molecule has 3 N–H and O–H groups in total. The summed E-state index contributed by atoms with van der Waals surface area (Å²) in [6.07, 6.45) is 1.02. The number of carboxylic acids is 1. The fourth-order valence-corrected chi connectivity index (χ4v) is 6.53. The van der Waals surface area contributed by atoms with Gasteiger partial charge in [0.05, 0.1) is 31.3 Å². The molecule has 4 atom stereocenters. The fourth-order valence-electron chi connectivity index (χ4n) is 6.53. The van der Waals surface area contributed by atoms with E-state index >= 15 is 0 Å². The Labute approximate surface area is 288 Å². The van der Waals surface area contributed by atoms with E-state index in [9.17, 15) is 33.4 Å². The molecule has 2 amide bonds. The van der Waals surface area contributed by atoms with Gasteiger partial charge in [0.25, 0.3) is 0 Å². The van der Waals surface area contributed by atoms with E-state index in [1.807, 2.05) is 24.3 Å². The number of aliphatic hydroxyl groups excluding tert-OH is 1. The van der Waals surface area contributed by atoms with E-state index in [0.717, 1.165) is 11.1 Å². The molecule has 0 aliphatic carbocycles. The number of β-lactam (4-membered cyclic amide) rings is 1. The molecule has 11 heteroatoms. The summed E-state index contributed by atoms with van der Waals surface area (Å²) < 4.78 is 38.5. The molecule has 4 aromatic rings. The van der Waals surface area contributed by atoms with E-state index < -0.39 is 47.2 Å². The average molecular weight is 685 g/mol. The Bertz CT molecular complexity index is 1780. The van der Waals surface area contributed by atoms with Gasteiger partial charge in [0.1, 0.15) is 23.8 Å². The highest BCUT2D eigenvalue weighted by Crippen LogP contribution is 2.46. The molecule has 6 rings (SSSR count). The Kier molecular flexibility index (Phi) is 10.7. The van der Waals surface area contributed by atoms with Gasteiger partial charge >= 0.3 is 5.97 Å². The molecule has 9 nitrogen and oxygen atoms in total. The third-order valence-corrected chi connectivity index (χ3v) is 9.44. The summed E-state index contributed by atoms with van der Waals surface area (Å²) in [5.41, 5.74) is 2.82. The molecule has 0 unspecified atom stereocenters. The van der Waals surface area contributed by atoms with E-state index in [4.69, 9.17) is 9.47 Å². The number of amides is 2. The van der Waals surface area contributed by atoms with Crippen LogP contribution >= 0.6 is 0 Å². The Hall–Kier alpha value is -4.97. The lowest BCUT2D eigenvalue weighted by Gasteiger charge is -2.48. The molecule has 2 aliphatic rings. The van der Waals surface area contributed by atoms with Crippen molar-refractivity contribution in [2.75, 3.05) is 24.7 Å². The van der Waals surface area contributed by atoms with Crippen molar-refractivity contribution in [3.63, 3.8) is 0 Å². The summed E-state index contributed by atoms with van der Waals surface area (Å²) in [4.78, 5) is 39.5. The van der Waals surface area contributed by atoms with Gasteiger partial charge in [-0.3, -0.25) is 9.59 Å². The largest absolute Gasteiger partial charge is 0.479 e. The van der Waals surface area contributed by atoms with Crippen molar-refractivity contribution >= 4 is 23.5 Å². The van der Waals surface area contributed by atoms with Crippen molar-refractivity contribution in [3.8, 4) is 0 Å². The fraction of sp³-hybridized carbons (Fsp3) is 0.308. The van der Waals surface area contributed by atoms with Crippen LogP contribution in [-0.2, 0) is 30.3 Å². The first kappa shape index (κ1) is 34.9. The van der Waals surface area contributed by atoms with Gasteiger partial charge in [-0.25, -0.2) is 13.6 Å². The van der Waals surface area contributed by atoms with Crippen LogP contribution in [0.5, 0.6) is 0 Å². The molecule has 2 heterocycles. The second kappa shape index (κ2) is 15.3. The highest BCUT2D eigenvalue weighted by Gasteiger charge is 2.48. The SMILES string of the molecule is O=C(COC1(CCc2ccc([C@@H]3[C@@H](CC[C@H](O)c4ccc(F)cc4)C(=O)N3c3ccc(F)cc3)cc2)COC1)N[C@@H](C(=O)O)c1ccccc1. The molecule has 0 radical (unpaired) electrons. The van der Waals surface area contributed by atoms with Gasteiger partial charge in [-0.05, 0) is 84.3 Å². The molecule has 0 spiro atoms. The van der Waals surface area contributed by atoms with Gasteiger partial charge < -0.3 is 29.9 Å². The maximum absolute atomic E-state index is 13.7. The second-order valence-electron chi connectivity index (χ2n) is 12.8. The zero-order valence-corrected chi connectivity index (χ0v) is 27.2. The van der Waals surface area contributed by atoms with Crippen LogP contribution in [0.3, 0.4) is 0 Å². The van der Waals surface area contributed by atoms with Gasteiger partial charge in [0.15, 0.2) is 6.04 Å². The van der Waals surface area contributed by atoms with E-state index in [1.165, 1.54) is 36.4 Å². The summed E-state index contributed by atoms with van der Waals surface area (Å²) in [5, 5.41) is 22.9. The number of nitrogens with zero attached hydrogens (tertiary/aromatic N) is 1. The molecule has 4 aromatic carbocycles. The Morgan fingerprint density at radius 2 is 1.54 bits per heavy atom. The Balaban J connectivity index is 1.08. The summed E-state index contributed by atoms with van der Waals surface area (Å²) in [7, 11) is 0. The van der Waals surface area contributed by atoms with E-state index in [0.29, 0.717) is 55.7 Å².